The predicted octanol–water partition coefficient (Wildman–Crippen LogP) is 6.55. The molecular formula is C24H18F4N4O3S. The summed E-state index contributed by atoms with van der Waals surface area (Å²) in [4.78, 5) is 22.0. The first kappa shape index (κ1) is 25.0. The minimum absolute atomic E-state index is 0.0523. The number of nitrogens with zero attached hydrogens (tertiary/aromatic N) is 3. The second kappa shape index (κ2) is 10.3. The van der Waals surface area contributed by atoms with Crippen LogP contribution in [0.4, 0.5) is 33.7 Å². The molecule has 0 saturated carbocycles. The van der Waals surface area contributed by atoms with Crippen LogP contribution in [0.3, 0.4) is 0 Å². The lowest BCUT2D eigenvalue weighted by molar-refractivity contribution is -0.139. The summed E-state index contributed by atoms with van der Waals surface area (Å²) in [7, 11) is 2.88. The van der Waals surface area contributed by atoms with E-state index in [0.717, 1.165) is 18.0 Å². The van der Waals surface area contributed by atoms with Crippen LogP contribution in [0.15, 0.2) is 71.8 Å². The number of hydrogen-bond acceptors (Lipinski definition) is 6. The van der Waals surface area contributed by atoms with Gasteiger partial charge in [-0.1, -0.05) is 24.3 Å². The summed E-state index contributed by atoms with van der Waals surface area (Å²) in [6.07, 6.45) is -4.86. The number of methoxy groups -OCH3 is 2. The summed E-state index contributed by atoms with van der Waals surface area (Å²) in [5.74, 6) is -1.05. The lowest BCUT2D eigenvalue weighted by Gasteiger charge is -2.22. The van der Waals surface area contributed by atoms with Gasteiger partial charge in [0.1, 0.15) is 16.6 Å². The van der Waals surface area contributed by atoms with Crippen LogP contribution < -0.4 is 19.1 Å². The number of rotatable bonds is 6. The Morgan fingerprint density at radius 2 is 1.72 bits per heavy atom. The lowest BCUT2D eigenvalue weighted by Crippen LogP contribution is -2.29. The van der Waals surface area contributed by atoms with Gasteiger partial charge in [-0.05, 0) is 42.5 Å². The number of urea groups is 1. The van der Waals surface area contributed by atoms with E-state index in [1.54, 1.807) is 48.5 Å². The van der Waals surface area contributed by atoms with Gasteiger partial charge in [0, 0.05) is 17.6 Å². The van der Waals surface area contributed by atoms with Crippen molar-refractivity contribution >= 4 is 40.3 Å². The highest BCUT2D eigenvalue weighted by atomic mass is 32.2. The van der Waals surface area contributed by atoms with Crippen molar-refractivity contribution in [2.45, 2.75) is 11.2 Å². The number of hydrogen-bond donors (Lipinski definition) is 1. The Bertz CT molecular complexity index is 1400. The zero-order valence-electron chi connectivity index (χ0n) is 18.8. The number of alkyl halides is 3. The average molecular weight is 518 g/mol. The Labute approximate surface area is 207 Å². The minimum atomic E-state index is -4.86. The van der Waals surface area contributed by atoms with E-state index in [1.165, 1.54) is 18.5 Å². The highest BCUT2D eigenvalue weighted by Crippen LogP contribution is 2.38. The molecule has 2 amide bonds. The van der Waals surface area contributed by atoms with Crippen molar-refractivity contribution in [3.8, 4) is 11.8 Å². The summed E-state index contributed by atoms with van der Waals surface area (Å²) in [5, 5.41) is 3.26. The largest absolute Gasteiger partial charge is 0.496 e. The predicted molar refractivity (Wildman–Crippen MR) is 128 cm³/mol. The highest BCUT2D eigenvalue weighted by molar-refractivity contribution is 8.01. The maximum absolute atomic E-state index is 14.1. The quantitative estimate of drug-likeness (QED) is 0.177. The standard InChI is InChI=1S/C24H18F4N4O3S/c1-34-19-10-6-9-18-20(19)21(31-22(30-18)35-2)36-32(15-7-4-3-5-8-15)23(33)29-14-11-12-16(17(25)13-14)24(26,27)28/h3-13H,1-2H3,(H,29,33). The molecule has 4 aromatic rings. The summed E-state index contributed by atoms with van der Waals surface area (Å²) in [6, 6.07) is 15.1. The van der Waals surface area contributed by atoms with E-state index in [1.807, 2.05) is 0 Å². The van der Waals surface area contributed by atoms with Crippen molar-refractivity contribution < 1.29 is 31.8 Å². The summed E-state index contributed by atoms with van der Waals surface area (Å²) in [6.45, 7) is 0. The van der Waals surface area contributed by atoms with Crippen LogP contribution in [-0.4, -0.2) is 30.2 Å². The number of para-hydroxylation sites is 1. The number of halogens is 4. The second-order valence-corrected chi connectivity index (χ2v) is 8.15. The van der Waals surface area contributed by atoms with E-state index in [-0.39, 0.29) is 11.7 Å². The number of amides is 2. The maximum Gasteiger partial charge on any atom is 0.419 e. The Morgan fingerprint density at radius 1 is 0.972 bits per heavy atom. The van der Waals surface area contributed by atoms with Gasteiger partial charge in [-0.15, -0.1) is 0 Å². The van der Waals surface area contributed by atoms with Gasteiger partial charge in [-0.25, -0.2) is 13.5 Å². The second-order valence-electron chi connectivity index (χ2n) is 7.21. The summed E-state index contributed by atoms with van der Waals surface area (Å²) >= 11 is 0.906. The maximum atomic E-state index is 14.1. The van der Waals surface area contributed by atoms with Crippen molar-refractivity contribution in [3.63, 3.8) is 0 Å². The molecule has 0 fully saturated rings. The third-order valence-corrected chi connectivity index (χ3v) is 5.94. The Hall–Kier alpha value is -4.06. The highest BCUT2D eigenvalue weighted by Gasteiger charge is 2.34. The average Bonchev–Trinajstić information content (AvgIpc) is 2.86. The molecule has 1 aromatic heterocycles. The van der Waals surface area contributed by atoms with Gasteiger partial charge in [-0.2, -0.15) is 23.1 Å². The molecule has 0 aliphatic heterocycles. The third-order valence-electron chi connectivity index (χ3n) is 4.91. The molecule has 0 aliphatic rings. The molecular weight excluding hydrogens is 500 g/mol. The van der Waals surface area contributed by atoms with Crippen LogP contribution in [0.5, 0.6) is 11.8 Å². The fourth-order valence-corrected chi connectivity index (χ4v) is 4.23. The minimum Gasteiger partial charge on any atom is -0.496 e. The van der Waals surface area contributed by atoms with Crippen LogP contribution in [0, 0.1) is 5.82 Å². The van der Waals surface area contributed by atoms with Crippen molar-refractivity contribution in [1.29, 1.82) is 0 Å². The number of carbonyl (C=O) groups is 1. The van der Waals surface area contributed by atoms with Gasteiger partial charge in [0.2, 0.25) is 0 Å². The SMILES string of the molecule is COc1nc(SN(C(=O)Nc2ccc(C(F)(F)F)c(F)c2)c2ccccc2)c2c(OC)cccc2n1. The number of ether oxygens (including phenoxy) is 2. The van der Waals surface area contributed by atoms with Crippen LogP contribution in [0.25, 0.3) is 10.9 Å². The van der Waals surface area contributed by atoms with Crippen LogP contribution in [-0.2, 0) is 6.18 Å². The van der Waals surface area contributed by atoms with Crippen molar-refractivity contribution in [2.24, 2.45) is 0 Å². The van der Waals surface area contributed by atoms with Gasteiger partial charge >= 0.3 is 18.2 Å². The smallest absolute Gasteiger partial charge is 0.419 e. The molecule has 0 unspecified atom stereocenters. The van der Waals surface area contributed by atoms with Gasteiger partial charge in [0.05, 0.1) is 36.4 Å². The van der Waals surface area contributed by atoms with E-state index >= 15 is 0 Å². The van der Waals surface area contributed by atoms with Crippen molar-refractivity contribution in [1.82, 2.24) is 9.97 Å². The van der Waals surface area contributed by atoms with E-state index in [2.05, 4.69) is 15.3 Å². The fraction of sp³-hybridized carbons (Fsp3) is 0.125. The summed E-state index contributed by atoms with van der Waals surface area (Å²) < 4.78 is 64.7. The van der Waals surface area contributed by atoms with Crippen molar-refractivity contribution in [3.05, 3.63) is 78.1 Å². The van der Waals surface area contributed by atoms with E-state index < -0.39 is 23.6 Å². The number of aromatic nitrogens is 2. The molecule has 1 heterocycles. The number of nitrogens with one attached hydrogen (secondary N) is 1. The van der Waals surface area contributed by atoms with E-state index in [4.69, 9.17) is 9.47 Å². The first-order valence-electron chi connectivity index (χ1n) is 10.3. The molecule has 0 aliphatic carbocycles. The molecule has 0 saturated heterocycles. The molecule has 0 bridgehead atoms. The number of anilines is 2. The number of benzene rings is 3. The Morgan fingerprint density at radius 3 is 2.36 bits per heavy atom. The van der Waals surface area contributed by atoms with Crippen LogP contribution >= 0.6 is 11.9 Å². The Balaban J connectivity index is 1.74. The molecule has 4 rings (SSSR count). The van der Waals surface area contributed by atoms with Gasteiger partial charge in [0.15, 0.2) is 0 Å². The van der Waals surface area contributed by atoms with Gasteiger partial charge in [0.25, 0.3) is 0 Å². The van der Waals surface area contributed by atoms with Crippen molar-refractivity contribution in [2.75, 3.05) is 23.8 Å². The van der Waals surface area contributed by atoms with E-state index in [0.29, 0.717) is 39.5 Å². The first-order valence-corrected chi connectivity index (χ1v) is 11.1. The topological polar surface area (TPSA) is 76.6 Å². The molecule has 186 valence electrons. The number of carbonyl (C=O) groups excluding carboxylic acids is 1. The molecule has 12 heteroatoms. The van der Waals surface area contributed by atoms with E-state index in [9.17, 15) is 22.4 Å². The third kappa shape index (κ3) is 5.28. The first-order chi connectivity index (χ1) is 17.2. The molecule has 7 nitrogen and oxygen atoms in total. The van der Waals surface area contributed by atoms with Gasteiger partial charge in [-0.3, -0.25) is 0 Å². The number of fused-ring (bicyclic) bond motifs is 1. The van der Waals surface area contributed by atoms with Crippen LogP contribution in [0.2, 0.25) is 0 Å². The molecule has 36 heavy (non-hydrogen) atoms. The summed E-state index contributed by atoms with van der Waals surface area (Å²) in [5.41, 5.74) is -0.661. The molecule has 0 spiro atoms. The van der Waals surface area contributed by atoms with Crippen LogP contribution in [0.1, 0.15) is 5.56 Å². The fourth-order valence-electron chi connectivity index (χ4n) is 3.28. The molecule has 0 atom stereocenters. The molecule has 1 N–H and O–H groups in total. The zero-order chi connectivity index (χ0) is 25.9. The monoisotopic (exact) mass is 518 g/mol. The zero-order valence-corrected chi connectivity index (χ0v) is 19.7. The molecule has 3 aromatic carbocycles. The lowest BCUT2D eigenvalue weighted by atomic mass is 10.2. The van der Waals surface area contributed by atoms with Gasteiger partial charge < -0.3 is 14.8 Å². The molecule has 0 radical (unpaired) electrons. The Kier molecular flexibility index (Phi) is 7.15. The normalized spacial score (nSPS) is 11.3.